The van der Waals surface area contributed by atoms with Gasteiger partial charge in [-0.25, -0.2) is 0 Å². The molecule has 1 saturated carbocycles. The molecule has 3 atom stereocenters. The predicted molar refractivity (Wildman–Crippen MR) is 91.5 cm³/mol. The molecule has 0 heterocycles. The number of nitrogens with one attached hydrogen (secondary N) is 1. The lowest BCUT2D eigenvalue weighted by atomic mass is 9.89. The van der Waals surface area contributed by atoms with E-state index in [1.807, 2.05) is 0 Å². The first-order valence-corrected chi connectivity index (χ1v) is 8.50. The summed E-state index contributed by atoms with van der Waals surface area (Å²) in [6.07, 6.45) is 5.33. The molecule has 0 bridgehead atoms. The molecule has 1 nitrogen and oxygen atoms in total. The quantitative estimate of drug-likeness (QED) is 0.782. The highest BCUT2D eigenvalue weighted by Crippen LogP contribution is 2.39. The van der Waals surface area contributed by atoms with Gasteiger partial charge in [-0.2, -0.15) is 0 Å². The van der Waals surface area contributed by atoms with Gasteiger partial charge in [-0.3, -0.25) is 0 Å². The molecule has 0 radical (unpaired) electrons. The van der Waals surface area contributed by atoms with E-state index in [0.29, 0.717) is 6.04 Å². The summed E-state index contributed by atoms with van der Waals surface area (Å²) in [5.41, 5.74) is 1.47. The summed E-state index contributed by atoms with van der Waals surface area (Å²) in [4.78, 5) is 0. The normalized spacial score (nSPS) is 23.5. The van der Waals surface area contributed by atoms with Crippen molar-refractivity contribution in [1.82, 2.24) is 5.32 Å². The zero-order valence-electron chi connectivity index (χ0n) is 13.3. The summed E-state index contributed by atoms with van der Waals surface area (Å²) < 4.78 is 0. The molecule has 0 saturated heterocycles. The van der Waals surface area contributed by atoms with Gasteiger partial charge in [0.2, 0.25) is 0 Å². The van der Waals surface area contributed by atoms with Gasteiger partial charge in [0.25, 0.3) is 0 Å². The van der Waals surface area contributed by atoms with Crippen LogP contribution in [0.25, 0.3) is 10.8 Å². The summed E-state index contributed by atoms with van der Waals surface area (Å²) >= 11 is 0. The highest BCUT2D eigenvalue weighted by atomic mass is 14.9. The van der Waals surface area contributed by atoms with E-state index in [1.165, 1.54) is 42.0 Å². The lowest BCUT2D eigenvalue weighted by Crippen LogP contribution is -2.28. The number of benzene rings is 2. The monoisotopic (exact) mass is 281 g/mol. The lowest BCUT2D eigenvalue weighted by Gasteiger charge is -2.26. The van der Waals surface area contributed by atoms with Crippen LogP contribution in [-0.4, -0.2) is 6.54 Å². The smallest absolute Gasteiger partial charge is 0.0348 e. The molecule has 2 aromatic rings. The summed E-state index contributed by atoms with van der Waals surface area (Å²) in [7, 11) is 0. The van der Waals surface area contributed by atoms with E-state index in [4.69, 9.17) is 0 Å². The average Bonchev–Trinajstić information content (AvgIpc) is 2.94. The maximum atomic E-state index is 3.81. The van der Waals surface area contributed by atoms with Crippen LogP contribution in [-0.2, 0) is 0 Å². The molecule has 1 N–H and O–H groups in total. The molecule has 1 fully saturated rings. The fraction of sp³-hybridized carbons (Fsp3) is 0.500. The Hall–Kier alpha value is -1.34. The maximum Gasteiger partial charge on any atom is 0.0348 e. The van der Waals surface area contributed by atoms with Crippen molar-refractivity contribution < 1.29 is 0 Å². The fourth-order valence-corrected chi connectivity index (χ4v) is 3.81. The minimum Gasteiger partial charge on any atom is -0.310 e. The van der Waals surface area contributed by atoms with Crippen LogP contribution in [0.3, 0.4) is 0 Å². The molecule has 1 heteroatoms. The number of hydrogen-bond donors (Lipinski definition) is 1. The largest absolute Gasteiger partial charge is 0.310 e. The molecule has 112 valence electrons. The van der Waals surface area contributed by atoms with Crippen LogP contribution in [0, 0.1) is 11.8 Å². The van der Waals surface area contributed by atoms with E-state index in [1.54, 1.807) is 0 Å². The van der Waals surface area contributed by atoms with Crippen molar-refractivity contribution in [2.75, 3.05) is 6.54 Å². The molecule has 1 aliphatic rings. The van der Waals surface area contributed by atoms with Gasteiger partial charge in [0, 0.05) is 6.04 Å². The third-order valence-corrected chi connectivity index (χ3v) is 4.95. The predicted octanol–water partition coefficient (Wildman–Crippen LogP) is 5.32. The van der Waals surface area contributed by atoms with Crippen LogP contribution in [0.2, 0.25) is 0 Å². The minimum absolute atomic E-state index is 0.527. The second-order valence-electron chi connectivity index (χ2n) is 6.72. The third kappa shape index (κ3) is 3.29. The summed E-state index contributed by atoms with van der Waals surface area (Å²) in [6.45, 7) is 5.77. The molecule has 21 heavy (non-hydrogen) atoms. The molecular formula is C20H27N. The van der Waals surface area contributed by atoms with Crippen LogP contribution >= 0.6 is 0 Å². The highest BCUT2D eigenvalue weighted by Gasteiger charge is 2.29. The van der Waals surface area contributed by atoms with Gasteiger partial charge in [-0.1, -0.05) is 56.7 Å². The van der Waals surface area contributed by atoms with Crippen LogP contribution < -0.4 is 5.32 Å². The van der Waals surface area contributed by atoms with Crippen LogP contribution in [0.5, 0.6) is 0 Å². The molecule has 0 spiro atoms. The van der Waals surface area contributed by atoms with Gasteiger partial charge in [0.15, 0.2) is 0 Å². The Bertz CT molecular complexity index is 589. The standard InChI is InChI=1S/C20H27N/c1-3-12-21-20(18-9-8-15(2)13-18)19-11-10-16-6-4-5-7-17(16)14-19/h4-7,10-11,14-15,18,20-21H,3,8-9,12-13H2,1-2H3. The SMILES string of the molecule is CCCNC(c1ccc2ccccc2c1)C1CCC(C)C1. The first-order valence-electron chi connectivity index (χ1n) is 8.50. The third-order valence-electron chi connectivity index (χ3n) is 4.95. The van der Waals surface area contributed by atoms with Crippen molar-refractivity contribution in [2.24, 2.45) is 11.8 Å². The van der Waals surface area contributed by atoms with Gasteiger partial charge < -0.3 is 5.32 Å². The van der Waals surface area contributed by atoms with E-state index < -0.39 is 0 Å². The van der Waals surface area contributed by atoms with Gasteiger partial charge >= 0.3 is 0 Å². The van der Waals surface area contributed by atoms with Crippen molar-refractivity contribution in [2.45, 2.75) is 45.6 Å². The molecule has 1 aliphatic carbocycles. The first kappa shape index (κ1) is 14.6. The Morgan fingerprint density at radius 1 is 1.10 bits per heavy atom. The molecule has 3 unspecified atom stereocenters. The molecule has 0 amide bonds. The van der Waals surface area contributed by atoms with Crippen molar-refractivity contribution in [3.05, 3.63) is 48.0 Å². The van der Waals surface area contributed by atoms with Gasteiger partial charge in [-0.05, 0) is 60.0 Å². The molecule has 0 aliphatic heterocycles. The first-order chi connectivity index (χ1) is 10.3. The summed E-state index contributed by atoms with van der Waals surface area (Å²) in [5, 5.41) is 6.52. The van der Waals surface area contributed by atoms with E-state index in [-0.39, 0.29) is 0 Å². The fourth-order valence-electron chi connectivity index (χ4n) is 3.81. The topological polar surface area (TPSA) is 12.0 Å². The van der Waals surface area contributed by atoms with Crippen molar-refractivity contribution >= 4 is 10.8 Å². The molecule has 3 rings (SSSR count). The number of fused-ring (bicyclic) bond motifs is 1. The Kier molecular flexibility index (Phi) is 4.60. The Balaban J connectivity index is 1.89. The minimum atomic E-state index is 0.527. The zero-order chi connectivity index (χ0) is 14.7. The van der Waals surface area contributed by atoms with Crippen molar-refractivity contribution in [3.63, 3.8) is 0 Å². The van der Waals surface area contributed by atoms with E-state index in [0.717, 1.165) is 18.4 Å². The van der Waals surface area contributed by atoms with E-state index in [9.17, 15) is 0 Å². The highest BCUT2D eigenvalue weighted by molar-refractivity contribution is 5.83. The van der Waals surface area contributed by atoms with Crippen molar-refractivity contribution in [3.8, 4) is 0 Å². The van der Waals surface area contributed by atoms with E-state index >= 15 is 0 Å². The van der Waals surface area contributed by atoms with Gasteiger partial charge in [0.05, 0.1) is 0 Å². The molecule has 0 aromatic heterocycles. The zero-order valence-corrected chi connectivity index (χ0v) is 13.3. The summed E-state index contributed by atoms with van der Waals surface area (Å²) in [6, 6.07) is 16.2. The van der Waals surface area contributed by atoms with Gasteiger partial charge in [0.1, 0.15) is 0 Å². The molecular weight excluding hydrogens is 254 g/mol. The Morgan fingerprint density at radius 2 is 1.90 bits per heavy atom. The van der Waals surface area contributed by atoms with Crippen LogP contribution in [0.15, 0.2) is 42.5 Å². The number of rotatable bonds is 5. The second-order valence-corrected chi connectivity index (χ2v) is 6.72. The average molecular weight is 281 g/mol. The Morgan fingerprint density at radius 3 is 2.62 bits per heavy atom. The summed E-state index contributed by atoms with van der Waals surface area (Å²) in [5.74, 6) is 1.69. The second kappa shape index (κ2) is 6.62. The van der Waals surface area contributed by atoms with Gasteiger partial charge in [-0.15, -0.1) is 0 Å². The molecule has 2 aromatic carbocycles. The Labute approximate surface area is 128 Å². The van der Waals surface area contributed by atoms with Crippen LogP contribution in [0.1, 0.15) is 51.1 Å². The number of hydrogen-bond acceptors (Lipinski definition) is 1. The van der Waals surface area contributed by atoms with E-state index in [2.05, 4.69) is 61.6 Å². The van der Waals surface area contributed by atoms with Crippen LogP contribution in [0.4, 0.5) is 0 Å². The maximum absolute atomic E-state index is 3.81. The van der Waals surface area contributed by atoms with Crippen molar-refractivity contribution in [1.29, 1.82) is 0 Å². The lowest BCUT2D eigenvalue weighted by molar-refractivity contribution is 0.359.